The van der Waals surface area contributed by atoms with Crippen LogP contribution in [0.25, 0.3) is 0 Å². The summed E-state index contributed by atoms with van der Waals surface area (Å²) in [4.78, 5) is 26.3. The lowest BCUT2D eigenvalue weighted by molar-refractivity contribution is -0.123. The summed E-state index contributed by atoms with van der Waals surface area (Å²) in [6.07, 6.45) is 4.61. The van der Waals surface area contributed by atoms with Crippen molar-refractivity contribution in [3.8, 4) is 0 Å². The highest BCUT2D eigenvalue weighted by Crippen LogP contribution is 2.31. The Balaban J connectivity index is 1.38. The summed E-state index contributed by atoms with van der Waals surface area (Å²) in [6, 6.07) is 16.2. The fourth-order valence-electron chi connectivity index (χ4n) is 4.05. The number of carbonyl (C=O) groups is 2. The van der Waals surface area contributed by atoms with Gasteiger partial charge in [0.2, 0.25) is 11.8 Å². The quantitative estimate of drug-likeness (QED) is 0.919. The van der Waals surface area contributed by atoms with E-state index in [0.29, 0.717) is 13.0 Å². The number of aryl methyl sites for hydroxylation is 1. The van der Waals surface area contributed by atoms with Crippen molar-refractivity contribution in [3.05, 3.63) is 65.2 Å². The average Bonchev–Trinajstić information content (AvgIpc) is 3.12. The number of anilines is 1. The molecule has 0 bridgehead atoms. The summed E-state index contributed by atoms with van der Waals surface area (Å²) in [5.74, 6) is 0.263. The lowest BCUT2D eigenvalue weighted by Crippen LogP contribution is -2.31. The van der Waals surface area contributed by atoms with Crippen molar-refractivity contribution >= 4 is 17.5 Å². The van der Waals surface area contributed by atoms with E-state index in [2.05, 4.69) is 17.4 Å². The Bertz CT molecular complexity index is 813. The minimum atomic E-state index is -0.0403. The van der Waals surface area contributed by atoms with E-state index in [4.69, 9.17) is 0 Å². The lowest BCUT2D eigenvalue weighted by atomic mass is 9.82. The van der Waals surface area contributed by atoms with Crippen molar-refractivity contribution in [1.29, 1.82) is 0 Å². The molecule has 0 radical (unpaired) electrons. The summed E-state index contributed by atoms with van der Waals surface area (Å²) in [5, 5.41) is 3.09. The van der Waals surface area contributed by atoms with Crippen molar-refractivity contribution in [2.75, 3.05) is 11.4 Å². The maximum absolute atomic E-state index is 12.7. The number of fused-ring (bicyclic) bond motifs is 1. The van der Waals surface area contributed by atoms with Crippen LogP contribution in [0.15, 0.2) is 48.5 Å². The molecule has 1 unspecified atom stereocenters. The molecular formula is C22H24N2O2. The molecular weight excluding hydrogens is 324 g/mol. The molecule has 0 saturated carbocycles. The maximum atomic E-state index is 12.7. The predicted octanol–water partition coefficient (Wildman–Crippen LogP) is 3.55. The molecule has 0 aromatic heterocycles. The second-order valence-electron chi connectivity index (χ2n) is 7.18. The van der Waals surface area contributed by atoms with E-state index in [0.717, 1.165) is 43.5 Å². The Hall–Kier alpha value is -2.62. The minimum absolute atomic E-state index is 0.0403. The standard InChI is InChI=1S/C22H24N2O2/c25-21-9-4-14-24(21)18-12-10-16(11-13-18)15-23-22(26)20-8-3-6-17-5-1-2-7-19(17)20/h1-2,5,7,10-13,20H,3-4,6,8-9,14-15H2,(H,23,26). The molecule has 26 heavy (non-hydrogen) atoms. The molecule has 2 aliphatic rings. The first kappa shape index (κ1) is 16.8. The summed E-state index contributed by atoms with van der Waals surface area (Å²) >= 11 is 0. The summed E-state index contributed by atoms with van der Waals surface area (Å²) < 4.78 is 0. The van der Waals surface area contributed by atoms with Gasteiger partial charge in [-0.15, -0.1) is 0 Å². The molecule has 4 heteroatoms. The van der Waals surface area contributed by atoms with Crippen LogP contribution < -0.4 is 10.2 Å². The minimum Gasteiger partial charge on any atom is -0.351 e. The van der Waals surface area contributed by atoms with Crippen LogP contribution in [0.5, 0.6) is 0 Å². The van der Waals surface area contributed by atoms with E-state index in [9.17, 15) is 9.59 Å². The van der Waals surface area contributed by atoms with Crippen LogP contribution in [0.3, 0.4) is 0 Å². The normalized spacial score (nSPS) is 19.3. The molecule has 2 aromatic carbocycles. The van der Waals surface area contributed by atoms with Crippen molar-refractivity contribution in [2.45, 2.75) is 44.6 Å². The van der Waals surface area contributed by atoms with Crippen LogP contribution in [-0.2, 0) is 22.6 Å². The zero-order valence-electron chi connectivity index (χ0n) is 14.9. The lowest BCUT2D eigenvalue weighted by Gasteiger charge is -2.24. The van der Waals surface area contributed by atoms with Crippen LogP contribution in [-0.4, -0.2) is 18.4 Å². The van der Waals surface area contributed by atoms with Gasteiger partial charge >= 0.3 is 0 Å². The molecule has 1 fully saturated rings. The van der Waals surface area contributed by atoms with E-state index in [1.54, 1.807) is 0 Å². The van der Waals surface area contributed by atoms with Crippen LogP contribution in [0.4, 0.5) is 5.69 Å². The highest BCUT2D eigenvalue weighted by atomic mass is 16.2. The van der Waals surface area contributed by atoms with Gasteiger partial charge in [0, 0.05) is 25.2 Å². The molecule has 2 aromatic rings. The van der Waals surface area contributed by atoms with Crippen LogP contribution >= 0.6 is 0 Å². The van der Waals surface area contributed by atoms with Gasteiger partial charge in [-0.25, -0.2) is 0 Å². The van der Waals surface area contributed by atoms with Crippen LogP contribution in [0.2, 0.25) is 0 Å². The first-order valence-corrected chi connectivity index (χ1v) is 9.47. The van der Waals surface area contributed by atoms with E-state index in [-0.39, 0.29) is 17.7 Å². The fraction of sp³-hybridized carbons (Fsp3) is 0.364. The highest BCUT2D eigenvalue weighted by molar-refractivity contribution is 5.95. The molecule has 1 saturated heterocycles. The highest BCUT2D eigenvalue weighted by Gasteiger charge is 2.26. The molecule has 2 amide bonds. The van der Waals surface area contributed by atoms with Gasteiger partial charge in [0.1, 0.15) is 0 Å². The monoisotopic (exact) mass is 348 g/mol. The number of benzene rings is 2. The van der Waals surface area contributed by atoms with Crippen LogP contribution in [0.1, 0.15) is 48.3 Å². The van der Waals surface area contributed by atoms with E-state index in [1.165, 1.54) is 11.1 Å². The summed E-state index contributed by atoms with van der Waals surface area (Å²) in [6.45, 7) is 1.32. The third-order valence-electron chi connectivity index (χ3n) is 5.47. The van der Waals surface area contributed by atoms with E-state index in [1.807, 2.05) is 41.3 Å². The molecule has 0 spiro atoms. The Morgan fingerprint density at radius 1 is 1.04 bits per heavy atom. The van der Waals surface area contributed by atoms with Crippen molar-refractivity contribution < 1.29 is 9.59 Å². The third kappa shape index (κ3) is 3.36. The van der Waals surface area contributed by atoms with E-state index < -0.39 is 0 Å². The molecule has 134 valence electrons. The smallest absolute Gasteiger partial charge is 0.227 e. The zero-order valence-corrected chi connectivity index (χ0v) is 14.9. The van der Waals surface area contributed by atoms with Gasteiger partial charge in [0.15, 0.2) is 0 Å². The van der Waals surface area contributed by atoms with E-state index >= 15 is 0 Å². The summed E-state index contributed by atoms with van der Waals surface area (Å²) in [7, 11) is 0. The fourth-order valence-corrected chi connectivity index (χ4v) is 4.05. The third-order valence-corrected chi connectivity index (χ3v) is 5.47. The number of hydrogen-bond donors (Lipinski definition) is 1. The van der Waals surface area contributed by atoms with Crippen LogP contribution in [0, 0.1) is 0 Å². The molecule has 4 nitrogen and oxygen atoms in total. The molecule has 1 heterocycles. The first-order valence-electron chi connectivity index (χ1n) is 9.47. The van der Waals surface area contributed by atoms with Gasteiger partial charge in [0.25, 0.3) is 0 Å². The second-order valence-corrected chi connectivity index (χ2v) is 7.18. The van der Waals surface area contributed by atoms with Gasteiger partial charge in [0.05, 0.1) is 5.92 Å². The predicted molar refractivity (Wildman–Crippen MR) is 102 cm³/mol. The SMILES string of the molecule is O=C(NCc1ccc(N2CCCC2=O)cc1)C1CCCc2ccccc21. The number of nitrogens with one attached hydrogen (secondary N) is 1. The maximum Gasteiger partial charge on any atom is 0.227 e. The molecule has 1 aliphatic heterocycles. The first-order chi connectivity index (χ1) is 12.7. The number of amides is 2. The second kappa shape index (κ2) is 7.32. The number of carbonyl (C=O) groups excluding carboxylic acids is 2. The average molecular weight is 348 g/mol. The Morgan fingerprint density at radius 3 is 2.62 bits per heavy atom. The number of rotatable bonds is 4. The Kier molecular flexibility index (Phi) is 4.74. The van der Waals surface area contributed by atoms with Crippen molar-refractivity contribution in [1.82, 2.24) is 5.32 Å². The van der Waals surface area contributed by atoms with Gasteiger partial charge in [-0.3, -0.25) is 9.59 Å². The number of nitrogens with zero attached hydrogens (tertiary/aromatic N) is 1. The zero-order chi connectivity index (χ0) is 17.9. The largest absolute Gasteiger partial charge is 0.351 e. The van der Waals surface area contributed by atoms with Crippen molar-refractivity contribution in [2.24, 2.45) is 0 Å². The molecule has 4 rings (SSSR count). The summed E-state index contributed by atoms with van der Waals surface area (Å²) in [5.41, 5.74) is 4.49. The van der Waals surface area contributed by atoms with Gasteiger partial charge in [-0.1, -0.05) is 36.4 Å². The van der Waals surface area contributed by atoms with Gasteiger partial charge in [-0.05, 0) is 54.5 Å². The topological polar surface area (TPSA) is 49.4 Å². The van der Waals surface area contributed by atoms with Gasteiger partial charge < -0.3 is 10.2 Å². The Morgan fingerprint density at radius 2 is 1.85 bits per heavy atom. The molecule has 1 aliphatic carbocycles. The number of hydrogen-bond acceptors (Lipinski definition) is 2. The van der Waals surface area contributed by atoms with Gasteiger partial charge in [-0.2, -0.15) is 0 Å². The molecule has 1 atom stereocenters. The molecule has 1 N–H and O–H groups in total. The Labute approximate surface area is 154 Å². The van der Waals surface area contributed by atoms with Crippen molar-refractivity contribution in [3.63, 3.8) is 0 Å².